The van der Waals surface area contributed by atoms with E-state index in [2.05, 4.69) is 22.1 Å². The molecule has 0 spiro atoms. The quantitative estimate of drug-likeness (QED) is 0.808. The molecule has 88 valence electrons. The molecule has 3 rings (SSSR count). The van der Waals surface area contributed by atoms with E-state index >= 15 is 0 Å². The summed E-state index contributed by atoms with van der Waals surface area (Å²) in [6.45, 7) is 3.94. The first kappa shape index (κ1) is 10.7. The molecule has 0 saturated carbocycles. The summed E-state index contributed by atoms with van der Waals surface area (Å²) in [6, 6.07) is 2.74. The van der Waals surface area contributed by atoms with E-state index in [-0.39, 0.29) is 0 Å². The number of ether oxygens (including phenoxy) is 1. The highest BCUT2D eigenvalue weighted by Crippen LogP contribution is 2.25. The number of rotatable bonds is 1. The van der Waals surface area contributed by atoms with Crippen LogP contribution in [0.3, 0.4) is 0 Å². The maximum Gasteiger partial charge on any atom is 0.0662 e. The predicted molar refractivity (Wildman–Crippen MR) is 66.8 cm³/mol. The minimum Gasteiger partial charge on any atom is -0.379 e. The van der Waals surface area contributed by atoms with E-state index in [1.165, 1.54) is 17.0 Å². The first-order valence-electron chi connectivity index (χ1n) is 6.01. The van der Waals surface area contributed by atoms with Crippen molar-refractivity contribution >= 4 is 11.8 Å². The molecule has 0 bridgehead atoms. The summed E-state index contributed by atoms with van der Waals surface area (Å²) in [6.07, 6.45) is 3.43. The van der Waals surface area contributed by atoms with Gasteiger partial charge in [0, 0.05) is 36.5 Å². The Balaban J connectivity index is 1.79. The van der Waals surface area contributed by atoms with Gasteiger partial charge < -0.3 is 14.6 Å². The van der Waals surface area contributed by atoms with E-state index in [0.717, 1.165) is 38.5 Å². The van der Waals surface area contributed by atoms with E-state index in [1.807, 2.05) is 11.8 Å². The van der Waals surface area contributed by atoms with Crippen molar-refractivity contribution in [1.29, 1.82) is 0 Å². The third kappa shape index (κ3) is 2.14. The number of thioether (sulfide) groups is 1. The van der Waals surface area contributed by atoms with Crippen molar-refractivity contribution in [2.75, 3.05) is 25.5 Å². The highest BCUT2D eigenvalue weighted by atomic mass is 32.2. The van der Waals surface area contributed by atoms with Crippen LogP contribution in [-0.2, 0) is 17.0 Å². The number of hydrogen-bond donors (Lipinski definition) is 1. The molecule has 1 aromatic rings. The minimum absolute atomic E-state index is 0.394. The van der Waals surface area contributed by atoms with Crippen LogP contribution in [0.2, 0.25) is 0 Å². The molecule has 3 heterocycles. The summed E-state index contributed by atoms with van der Waals surface area (Å²) >= 11 is 2.03. The Morgan fingerprint density at radius 3 is 3.44 bits per heavy atom. The first-order chi connectivity index (χ1) is 7.93. The van der Waals surface area contributed by atoms with Gasteiger partial charge in [0.05, 0.1) is 12.6 Å². The molecule has 3 nitrogen and oxygen atoms in total. The molecule has 2 aliphatic heterocycles. The summed E-state index contributed by atoms with van der Waals surface area (Å²) < 4.78 is 8.02. The lowest BCUT2D eigenvalue weighted by Gasteiger charge is -2.14. The standard InChI is InChI=1S/C12H18N2OS/c1-2-13-12(8-15-4-1)10-6-11-9-16-5-3-14(11)7-10/h6-7,12-13H,1-5,8-9H2. The molecule has 2 aliphatic rings. The van der Waals surface area contributed by atoms with Gasteiger partial charge in [-0.2, -0.15) is 11.8 Å². The average Bonchev–Trinajstić information content (AvgIpc) is 2.56. The first-order valence-corrected chi connectivity index (χ1v) is 7.17. The third-order valence-corrected chi connectivity index (χ3v) is 4.25. The fourth-order valence-electron chi connectivity index (χ4n) is 2.36. The highest BCUT2D eigenvalue weighted by molar-refractivity contribution is 7.98. The van der Waals surface area contributed by atoms with E-state index < -0.39 is 0 Å². The summed E-state index contributed by atoms with van der Waals surface area (Å²) in [4.78, 5) is 0. The number of aromatic nitrogens is 1. The number of fused-ring (bicyclic) bond motifs is 1. The SMILES string of the molecule is c1c(C2COCCCN2)cn2c1CSCC2. The van der Waals surface area contributed by atoms with Gasteiger partial charge in [0.2, 0.25) is 0 Å². The van der Waals surface area contributed by atoms with Crippen molar-refractivity contribution in [2.24, 2.45) is 0 Å². The van der Waals surface area contributed by atoms with Gasteiger partial charge in [-0.3, -0.25) is 0 Å². The van der Waals surface area contributed by atoms with Crippen molar-refractivity contribution in [1.82, 2.24) is 9.88 Å². The summed E-state index contributed by atoms with van der Waals surface area (Å²) in [5.74, 6) is 2.41. The van der Waals surface area contributed by atoms with Gasteiger partial charge in [-0.1, -0.05) is 0 Å². The molecule has 1 unspecified atom stereocenters. The van der Waals surface area contributed by atoms with Crippen LogP contribution in [0.15, 0.2) is 12.3 Å². The maximum atomic E-state index is 5.62. The van der Waals surface area contributed by atoms with Gasteiger partial charge in [-0.25, -0.2) is 0 Å². The van der Waals surface area contributed by atoms with Gasteiger partial charge in [0.1, 0.15) is 0 Å². The van der Waals surface area contributed by atoms with Crippen molar-refractivity contribution in [3.05, 3.63) is 23.5 Å². The second-order valence-electron chi connectivity index (χ2n) is 4.45. The Kier molecular flexibility index (Phi) is 3.22. The topological polar surface area (TPSA) is 26.2 Å². The van der Waals surface area contributed by atoms with Gasteiger partial charge in [0.25, 0.3) is 0 Å². The number of nitrogens with zero attached hydrogens (tertiary/aromatic N) is 1. The molecule has 16 heavy (non-hydrogen) atoms. The Morgan fingerprint density at radius 1 is 1.50 bits per heavy atom. The highest BCUT2D eigenvalue weighted by Gasteiger charge is 2.18. The molecular formula is C12H18N2OS. The lowest BCUT2D eigenvalue weighted by Crippen LogP contribution is -2.22. The zero-order valence-electron chi connectivity index (χ0n) is 9.45. The fourth-order valence-corrected chi connectivity index (χ4v) is 3.29. The van der Waals surface area contributed by atoms with E-state index in [4.69, 9.17) is 4.74 Å². The van der Waals surface area contributed by atoms with Crippen LogP contribution >= 0.6 is 11.8 Å². The van der Waals surface area contributed by atoms with Gasteiger partial charge >= 0.3 is 0 Å². The molecule has 1 aromatic heterocycles. The molecule has 1 atom stereocenters. The van der Waals surface area contributed by atoms with Crippen LogP contribution < -0.4 is 5.32 Å². The maximum absolute atomic E-state index is 5.62. The van der Waals surface area contributed by atoms with Crippen molar-refractivity contribution < 1.29 is 4.74 Å². The van der Waals surface area contributed by atoms with Gasteiger partial charge in [-0.05, 0) is 24.6 Å². The predicted octanol–water partition coefficient (Wildman–Crippen LogP) is 1.79. The Hall–Kier alpha value is -0.450. The Morgan fingerprint density at radius 2 is 2.50 bits per heavy atom. The molecule has 1 fully saturated rings. The number of nitrogens with one attached hydrogen (secondary N) is 1. The summed E-state index contributed by atoms with van der Waals surface area (Å²) in [7, 11) is 0. The van der Waals surface area contributed by atoms with Crippen molar-refractivity contribution in [2.45, 2.75) is 24.8 Å². The second-order valence-corrected chi connectivity index (χ2v) is 5.55. The van der Waals surface area contributed by atoms with Crippen LogP contribution in [-0.4, -0.2) is 30.1 Å². The second kappa shape index (κ2) is 4.82. The Bertz CT molecular complexity index is 332. The number of aryl methyl sites for hydroxylation is 1. The van der Waals surface area contributed by atoms with Crippen LogP contribution in [0.1, 0.15) is 23.7 Å². The van der Waals surface area contributed by atoms with Crippen molar-refractivity contribution in [3.8, 4) is 0 Å². The lowest BCUT2D eigenvalue weighted by atomic mass is 10.1. The van der Waals surface area contributed by atoms with Crippen molar-refractivity contribution in [3.63, 3.8) is 0 Å². The van der Waals surface area contributed by atoms with Crippen LogP contribution in [0.25, 0.3) is 0 Å². The monoisotopic (exact) mass is 238 g/mol. The molecule has 0 aromatic carbocycles. The molecule has 1 N–H and O–H groups in total. The largest absolute Gasteiger partial charge is 0.379 e. The number of hydrogen-bond acceptors (Lipinski definition) is 3. The summed E-state index contributed by atoms with van der Waals surface area (Å²) in [5, 5.41) is 3.56. The van der Waals surface area contributed by atoms with Gasteiger partial charge in [0.15, 0.2) is 0 Å². The molecule has 4 heteroatoms. The van der Waals surface area contributed by atoms with Crippen LogP contribution in [0.5, 0.6) is 0 Å². The minimum atomic E-state index is 0.394. The van der Waals surface area contributed by atoms with Gasteiger partial charge in [-0.15, -0.1) is 0 Å². The lowest BCUT2D eigenvalue weighted by molar-refractivity contribution is 0.131. The molecule has 0 radical (unpaired) electrons. The normalized spacial score (nSPS) is 26.1. The fraction of sp³-hybridized carbons (Fsp3) is 0.667. The van der Waals surface area contributed by atoms with E-state index in [1.54, 1.807) is 0 Å². The third-order valence-electron chi connectivity index (χ3n) is 3.28. The molecule has 1 saturated heterocycles. The van der Waals surface area contributed by atoms with Crippen LogP contribution in [0.4, 0.5) is 0 Å². The molecule has 0 aliphatic carbocycles. The molecular weight excluding hydrogens is 220 g/mol. The Labute approximate surface area is 101 Å². The van der Waals surface area contributed by atoms with E-state index in [9.17, 15) is 0 Å². The summed E-state index contributed by atoms with van der Waals surface area (Å²) in [5.41, 5.74) is 2.87. The zero-order chi connectivity index (χ0) is 10.8. The smallest absolute Gasteiger partial charge is 0.0662 e. The van der Waals surface area contributed by atoms with Crippen LogP contribution in [0, 0.1) is 0 Å². The zero-order valence-corrected chi connectivity index (χ0v) is 10.3. The average molecular weight is 238 g/mol. The molecule has 0 amide bonds. The van der Waals surface area contributed by atoms with E-state index in [0.29, 0.717) is 6.04 Å².